The molecule has 0 aromatic heterocycles. The third-order valence-corrected chi connectivity index (χ3v) is 9.42. The lowest BCUT2D eigenvalue weighted by molar-refractivity contribution is -0.141. The number of ether oxygens (including phenoxy) is 1. The quantitative estimate of drug-likeness (QED) is 0.312. The van der Waals surface area contributed by atoms with Crippen molar-refractivity contribution in [2.45, 2.75) is 103 Å². The predicted octanol–water partition coefficient (Wildman–Crippen LogP) is 8.75. The van der Waals surface area contributed by atoms with Crippen molar-refractivity contribution in [2.24, 2.45) is 29.1 Å². The highest BCUT2D eigenvalue weighted by atomic mass is 35.5. The van der Waals surface area contributed by atoms with Crippen LogP contribution in [0.25, 0.3) is 0 Å². The van der Waals surface area contributed by atoms with Gasteiger partial charge in [-0.15, -0.1) is 0 Å². The van der Waals surface area contributed by atoms with E-state index in [1.54, 1.807) is 0 Å². The van der Waals surface area contributed by atoms with Crippen LogP contribution in [0.2, 0.25) is 5.02 Å². The summed E-state index contributed by atoms with van der Waals surface area (Å²) in [6, 6.07) is 3.93. The van der Waals surface area contributed by atoms with Crippen molar-refractivity contribution < 1.29 is 13.9 Å². The molecule has 0 radical (unpaired) electrons. The Morgan fingerprint density at radius 3 is 2.28 bits per heavy atom. The van der Waals surface area contributed by atoms with Gasteiger partial charge in [0.05, 0.1) is 10.9 Å². The van der Waals surface area contributed by atoms with Crippen molar-refractivity contribution in [2.75, 3.05) is 0 Å². The summed E-state index contributed by atoms with van der Waals surface area (Å²) in [6.07, 6.45) is 19.5. The second kappa shape index (κ2) is 10.9. The molecule has 0 spiro atoms. The van der Waals surface area contributed by atoms with Crippen LogP contribution in [-0.4, -0.2) is 5.97 Å². The van der Waals surface area contributed by atoms with Crippen LogP contribution in [0.15, 0.2) is 18.2 Å². The number of rotatable bonds is 6. The topological polar surface area (TPSA) is 26.3 Å². The van der Waals surface area contributed by atoms with Crippen LogP contribution < -0.4 is 4.74 Å². The highest BCUT2D eigenvalue weighted by Gasteiger charge is 2.44. The van der Waals surface area contributed by atoms with Gasteiger partial charge >= 0.3 is 5.97 Å². The number of hydrogen-bond donors (Lipinski definition) is 0. The Morgan fingerprint density at radius 2 is 1.66 bits per heavy atom. The number of carbonyl (C=O) groups excluding carboxylic acids is 1. The Hall–Kier alpha value is -1.09. The predicted molar refractivity (Wildman–Crippen MR) is 128 cm³/mol. The molecule has 1 aromatic carbocycles. The van der Waals surface area contributed by atoms with Crippen molar-refractivity contribution >= 4 is 17.6 Å². The molecule has 0 aliphatic heterocycles. The van der Waals surface area contributed by atoms with Gasteiger partial charge in [-0.1, -0.05) is 57.0 Å². The van der Waals surface area contributed by atoms with Gasteiger partial charge in [0.15, 0.2) is 0 Å². The molecule has 1 aromatic rings. The van der Waals surface area contributed by atoms with Gasteiger partial charge in [0.1, 0.15) is 11.6 Å². The summed E-state index contributed by atoms with van der Waals surface area (Å²) < 4.78 is 18.8. The van der Waals surface area contributed by atoms with Crippen molar-refractivity contribution in [3.63, 3.8) is 0 Å². The molecule has 0 atom stereocenters. The van der Waals surface area contributed by atoms with E-state index in [4.69, 9.17) is 16.3 Å². The molecule has 3 aliphatic carbocycles. The van der Waals surface area contributed by atoms with Crippen LogP contribution in [0.3, 0.4) is 0 Å². The SMILES string of the molecule is CCCC1(C2CCC(C3CCCCC3)CC2)CCC(C(=O)Oc2ccc(F)cc2Cl)CC1. The van der Waals surface area contributed by atoms with Crippen LogP contribution in [0, 0.1) is 34.9 Å². The summed E-state index contributed by atoms with van der Waals surface area (Å²) in [4.78, 5) is 12.8. The van der Waals surface area contributed by atoms with Crippen LogP contribution >= 0.6 is 11.6 Å². The minimum atomic E-state index is -0.421. The second-order valence-corrected chi connectivity index (χ2v) is 11.3. The number of carbonyl (C=O) groups is 1. The van der Waals surface area contributed by atoms with Gasteiger partial charge in [0.2, 0.25) is 0 Å². The van der Waals surface area contributed by atoms with Gasteiger partial charge < -0.3 is 4.74 Å². The highest BCUT2D eigenvalue weighted by Crippen LogP contribution is 2.54. The molecule has 32 heavy (non-hydrogen) atoms. The maximum atomic E-state index is 13.3. The van der Waals surface area contributed by atoms with Gasteiger partial charge in [0.25, 0.3) is 0 Å². The fourth-order valence-corrected chi connectivity index (χ4v) is 7.55. The molecule has 0 N–H and O–H groups in total. The maximum absolute atomic E-state index is 13.3. The molecule has 178 valence electrons. The van der Waals surface area contributed by atoms with E-state index in [9.17, 15) is 9.18 Å². The van der Waals surface area contributed by atoms with Gasteiger partial charge in [-0.2, -0.15) is 0 Å². The molecule has 0 unspecified atom stereocenters. The van der Waals surface area contributed by atoms with E-state index in [0.29, 0.717) is 5.41 Å². The Labute approximate surface area is 198 Å². The molecule has 4 heteroatoms. The number of esters is 1. The Kier molecular flexibility index (Phi) is 8.18. The Balaban J connectivity index is 1.32. The molecule has 3 saturated carbocycles. The standard InChI is InChI=1S/C28H40ClFO2/c1-2-16-28(23-10-8-21(9-11-23)20-6-4-3-5-7-20)17-14-22(15-18-28)27(31)32-26-13-12-24(30)19-25(26)29/h12-13,19-23H,2-11,14-18H2,1H3. The summed E-state index contributed by atoms with van der Waals surface area (Å²) in [5.74, 6) is 2.36. The summed E-state index contributed by atoms with van der Waals surface area (Å²) in [5, 5.41) is 0.157. The first-order valence-corrected chi connectivity index (χ1v) is 13.6. The summed E-state index contributed by atoms with van der Waals surface area (Å²) in [6.45, 7) is 2.31. The molecule has 0 heterocycles. The van der Waals surface area contributed by atoms with Crippen LogP contribution in [0.5, 0.6) is 5.75 Å². The van der Waals surface area contributed by atoms with E-state index < -0.39 is 5.82 Å². The molecule has 0 bridgehead atoms. The van der Waals surface area contributed by atoms with Crippen LogP contribution in [0.4, 0.5) is 4.39 Å². The lowest BCUT2D eigenvalue weighted by Crippen LogP contribution is -2.39. The van der Waals surface area contributed by atoms with Gasteiger partial charge in [0, 0.05) is 0 Å². The fraction of sp³-hybridized carbons (Fsp3) is 0.750. The zero-order valence-electron chi connectivity index (χ0n) is 19.7. The lowest BCUT2D eigenvalue weighted by Gasteiger charge is -2.49. The van der Waals surface area contributed by atoms with Crippen molar-refractivity contribution in [3.05, 3.63) is 29.0 Å². The van der Waals surface area contributed by atoms with E-state index >= 15 is 0 Å². The zero-order chi connectivity index (χ0) is 22.6. The van der Waals surface area contributed by atoms with Crippen LogP contribution in [-0.2, 0) is 4.79 Å². The minimum absolute atomic E-state index is 0.0697. The molecular formula is C28H40ClFO2. The van der Waals surface area contributed by atoms with E-state index in [2.05, 4.69) is 6.92 Å². The maximum Gasteiger partial charge on any atom is 0.314 e. The van der Waals surface area contributed by atoms with Gasteiger partial charge in [-0.05, 0) is 99.2 Å². The molecule has 0 amide bonds. The largest absolute Gasteiger partial charge is 0.425 e. The lowest BCUT2D eigenvalue weighted by atomic mass is 9.56. The molecule has 0 saturated heterocycles. The van der Waals surface area contributed by atoms with Crippen molar-refractivity contribution in [1.82, 2.24) is 0 Å². The van der Waals surface area contributed by atoms with Crippen LogP contribution in [0.1, 0.15) is 103 Å². The molecule has 4 rings (SSSR count). The average molecular weight is 463 g/mol. The highest BCUT2D eigenvalue weighted by molar-refractivity contribution is 6.32. The van der Waals surface area contributed by atoms with E-state index in [1.165, 1.54) is 88.8 Å². The minimum Gasteiger partial charge on any atom is -0.425 e. The summed E-state index contributed by atoms with van der Waals surface area (Å²) in [5.41, 5.74) is 0.413. The number of hydrogen-bond acceptors (Lipinski definition) is 2. The van der Waals surface area contributed by atoms with E-state index in [-0.39, 0.29) is 22.7 Å². The van der Waals surface area contributed by atoms with Gasteiger partial charge in [-0.25, -0.2) is 4.39 Å². The van der Waals surface area contributed by atoms with Gasteiger partial charge in [-0.3, -0.25) is 4.79 Å². The average Bonchev–Trinajstić information content (AvgIpc) is 2.82. The third kappa shape index (κ3) is 5.51. The third-order valence-electron chi connectivity index (χ3n) is 9.12. The Morgan fingerprint density at radius 1 is 1.00 bits per heavy atom. The first-order valence-electron chi connectivity index (χ1n) is 13.2. The monoisotopic (exact) mass is 462 g/mol. The smallest absolute Gasteiger partial charge is 0.314 e. The second-order valence-electron chi connectivity index (χ2n) is 10.9. The Bertz CT molecular complexity index is 757. The zero-order valence-corrected chi connectivity index (χ0v) is 20.5. The van der Waals surface area contributed by atoms with Crippen molar-refractivity contribution in [1.29, 1.82) is 0 Å². The fourth-order valence-electron chi connectivity index (χ4n) is 7.35. The first kappa shape index (κ1) is 24.0. The summed E-state index contributed by atoms with van der Waals surface area (Å²) in [7, 11) is 0. The molecule has 3 fully saturated rings. The molecule has 3 aliphatic rings. The summed E-state index contributed by atoms with van der Waals surface area (Å²) >= 11 is 6.05. The number of benzene rings is 1. The first-order chi connectivity index (χ1) is 15.5. The van der Waals surface area contributed by atoms with E-state index in [0.717, 1.165) is 43.4 Å². The number of halogens is 2. The molecular weight excluding hydrogens is 423 g/mol. The molecule has 2 nitrogen and oxygen atoms in total. The van der Waals surface area contributed by atoms with Crippen molar-refractivity contribution in [3.8, 4) is 5.75 Å². The normalized spacial score (nSPS) is 31.9. The van der Waals surface area contributed by atoms with E-state index in [1.807, 2.05) is 0 Å².